The predicted octanol–water partition coefficient (Wildman–Crippen LogP) is 5.13. The van der Waals surface area contributed by atoms with Crippen LogP contribution in [0, 0.1) is 0 Å². The monoisotopic (exact) mass is 366 g/mol. The molecule has 4 rings (SSSR count). The molecule has 0 radical (unpaired) electrons. The lowest BCUT2D eigenvalue weighted by Gasteiger charge is -2.07. The van der Waals surface area contributed by atoms with Crippen molar-refractivity contribution in [2.75, 3.05) is 0 Å². The molecule has 3 aromatic carbocycles. The SMILES string of the molecule is O=C(CC(=O)c1ccccc1)C1=Nc2ccccc2N=C(c2ccccc2)C1. The molecule has 0 aliphatic carbocycles. The maximum Gasteiger partial charge on any atom is 0.185 e. The molecule has 0 N–H and O–H groups in total. The van der Waals surface area contributed by atoms with Gasteiger partial charge in [0.05, 0.1) is 29.2 Å². The van der Waals surface area contributed by atoms with E-state index in [0.29, 0.717) is 23.4 Å². The van der Waals surface area contributed by atoms with Crippen LogP contribution in [0.4, 0.5) is 11.4 Å². The summed E-state index contributed by atoms with van der Waals surface area (Å²) in [4.78, 5) is 34.7. The van der Waals surface area contributed by atoms with Gasteiger partial charge in [-0.2, -0.15) is 0 Å². The molecule has 0 spiro atoms. The zero-order valence-electron chi connectivity index (χ0n) is 15.2. The molecule has 0 amide bonds. The van der Waals surface area contributed by atoms with E-state index >= 15 is 0 Å². The molecule has 4 nitrogen and oxygen atoms in total. The molecule has 4 heteroatoms. The fourth-order valence-electron chi connectivity index (χ4n) is 3.11. The smallest absolute Gasteiger partial charge is 0.185 e. The zero-order chi connectivity index (χ0) is 19.3. The van der Waals surface area contributed by atoms with Crippen LogP contribution in [0.5, 0.6) is 0 Å². The summed E-state index contributed by atoms with van der Waals surface area (Å²) in [5.74, 6) is -0.474. The van der Waals surface area contributed by atoms with E-state index in [1.54, 1.807) is 24.3 Å². The third-order valence-corrected chi connectivity index (χ3v) is 4.57. The molecule has 0 bridgehead atoms. The normalized spacial score (nSPS) is 13.0. The number of rotatable bonds is 5. The lowest BCUT2D eigenvalue weighted by atomic mass is 9.98. The number of hydrogen-bond donors (Lipinski definition) is 0. The summed E-state index contributed by atoms with van der Waals surface area (Å²) in [6.07, 6.45) is 0.0900. The first-order valence-electron chi connectivity index (χ1n) is 9.12. The number of fused-ring (bicyclic) bond motifs is 1. The summed E-state index contributed by atoms with van der Waals surface area (Å²) < 4.78 is 0. The van der Waals surface area contributed by atoms with Crippen molar-refractivity contribution in [3.05, 3.63) is 96.1 Å². The number of carbonyl (C=O) groups is 2. The third-order valence-electron chi connectivity index (χ3n) is 4.57. The second kappa shape index (κ2) is 7.92. The predicted molar refractivity (Wildman–Crippen MR) is 111 cm³/mol. The Morgan fingerprint density at radius 2 is 1.25 bits per heavy atom. The van der Waals surface area contributed by atoms with Crippen molar-refractivity contribution in [2.24, 2.45) is 9.98 Å². The van der Waals surface area contributed by atoms with Gasteiger partial charge in [-0.15, -0.1) is 0 Å². The lowest BCUT2D eigenvalue weighted by molar-refractivity contribution is -0.112. The van der Waals surface area contributed by atoms with Crippen LogP contribution in [-0.2, 0) is 4.79 Å². The van der Waals surface area contributed by atoms with E-state index in [4.69, 9.17) is 4.99 Å². The highest BCUT2D eigenvalue weighted by molar-refractivity contribution is 6.47. The Labute approximate surface area is 163 Å². The molecule has 0 saturated carbocycles. The minimum Gasteiger partial charge on any atom is -0.294 e. The number of aliphatic imine (C=N–C) groups is 2. The maximum absolute atomic E-state index is 12.9. The summed E-state index contributed by atoms with van der Waals surface area (Å²) in [6, 6.07) is 26.1. The van der Waals surface area contributed by atoms with Gasteiger partial charge in [0.2, 0.25) is 0 Å². The number of Topliss-reactive ketones (excluding diaryl/α,β-unsaturated/α-hetero) is 2. The second-order valence-corrected chi connectivity index (χ2v) is 6.54. The lowest BCUT2D eigenvalue weighted by Crippen LogP contribution is -2.21. The quantitative estimate of drug-likeness (QED) is 0.464. The Balaban J connectivity index is 1.67. The van der Waals surface area contributed by atoms with Crippen molar-refractivity contribution in [3.8, 4) is 0 Å². The Hall–Kier alpha value is -3.66. The minimum absolute atomic E-state index is 0.201. The average molecular weight is 366 g/mol. The van der Waals surface area contributed by atoms with E-state index in [0.717, 1.165) is 17.0 Å². The molecule has 1 heterocycles. The number of benzene rings is 3. The van der Waals surface area contributed by atoms with Crippen LogP contribution in [0.15, 0.2) is 94.9 Å². The van der Waals surface area contributed by atoms with Gasteiger partial charge in [-0.05, 0) is 17.7 Å². The number of ketones is 2. The molecular formula is C24H18N2O2. The standard InChI is InChI=1S/C24H18N2O2/c27-23(18-11-5-2-6-12-18)16-24(28)22-15-21(17-9-3-1-4-10-17)25-19-13-7-8-14-20(19)26-22/h1-14H,15-16H2. The van der Waals surface area contributed by atoms with Crippen LogP contribution < -0.4 is 0 Å². The molecule has 0 aromatic heterocycles. The van der Waals surface area contributed by atoms with Gasteiger partial charge >= 0.3 is 0 Å². The van der Waals surface area contributed by atoms with Crippen LogP contribution in [0.3, 0.4) is 0 Å². The van der Waals surface area contributed by atoms with Crippen LogP contribution in [-0.4, -0.2) is 23.0 Å². The highest BCUT2D eigenvalue weighted by Gasteiger charge is 2.22. The second-order valence-electron chi connectivity index (χ2n) is 6.54. The first-order valence-corrected chi connectivity index (χ1v) is 9.12. The van der Waals surface area contributed by atoms with E-state index in [1.807, 2.05) is 60.7 Å². The minimum atomic E-state index is -0.269. The fraction of sp³-hybridized carbons (Fsp3) is 0.0833. The van der Waals surface area contributed by atoms with Gasteiger partial charge in [-0.1, -0.05) is 72.8 Å². The van der Waals surface area contributed by atoms with Crippen molar-refractivity contribution in [1.82, 2.24) is 0 Å². The summed E-state index contributed by atoms with van der Waals surface area (Å²) in [6.45, 7) is 0. The van der Waals surface area contributed by atoms with Crippen molar-refractivity contribution < 1.29 is 9.59 Å². The van der Waals surface area contributed by atoms with E-state index in [-0.39, 0.29) is 18.0 Å². The highest BCUT2D eigenvalue weighted by atomic mass is 16.1. The van der Waals surface area contributed by atoms with Gasteiger partial charge in [0.15, 0.2) is 11.6 Å². The molecular weight excluding hydrogens is 348 g/mol. The van der Waals surface area contributed by atoms with Crippen LogP contribution in [0.25, 0.3) is 0 Å². The van der Waals surface area contributed by atoms with Gasteiger partial charge < -0.3 is 0 Å². The molecule has 136 valence electrons. The topological polar surface area (TPSA) is 58.9 Å². The van der Waals surface area contributed by atoms with Crippen molar-refractivity contribution in [1.29, 1.82) is 0 Å². The maximum atomic E-state index is 12.9. The first kappa shape index (κ1) is 17.7. The average Bonchev–Trinajstić information content (AvgIpc) is 2.95. The van der Waals surface area contributed by atoms with E-state index in [9.17, 15) is 9.59 Å². The summed E-state index contributed by atoms with van der Waals surface area (Å²) >= 11 is 0. The van der Waals surface area contributed by atoms with Crippen molar-refractivity contribution in [2.45, 2.75) is 12.8 Å². The summed E-state index contributed by atoms with van der Waals surface area (Å²) in [5, 5.41) is 0. The Morgan fingerprint density at radius 3 is 1.93 bits per heavy atom. The highest BCUT2D eigenvalue weighted by Crippen LogP contribution is 2.31. The Morgan fingerprint density at radius 1 is 0.679 bits per heavy atom. The largest absolute Gasteiger partial charge is 0.294 e. The van der Waals surface area contributed by atoms with Gasteiger partial charge in [-0.3, -0.25) is 14.6 Å². The number of hydrogen-bond acceptors (Lipinski definition) is 4. The molecule has 0 saturated heterocycles. The number of nitrogens with zero attached hydrogens (tertiary/aromatic N) is 2. The van der Waals surface area contributed by atoms with Crippen LogP contribution in [0.1, 0.15) is 28.8 Å². The van der Waals surface area contributed by atoms with E-state index in [2.05, 4.69) is 4.99 Å². The molecule has 0 fully saturated rings. The summed E-state index contributed by atoms with van der Waals surface area (Å²) in [5.41, 5.74) is 3.96. The Bertz CT molecular complexity index is 1080. The van der Waals surface area contributed by atoms with Gasteiger partial charge in [-0.25, -0.2) is 4.99 Å². The number of para-hydroxylation sites is 2. The zero-order valence-corrected chi connectivity index (χ0v) is 15.2. The Kier molecular flexibility index (Phi) is 5.02. The van der Waals surface area contributed by atoms with Gasteiger partial charge in [0.1, 0.15) is 0 Å². The van der Waals surface area contributed by atoms with Gasteiger partial charge in [0, 0.05) is 12.0 Å². The molecule has 0 atom stereocenters. The molecule has 1 aliphatic rings. The van der Waals surface area contributed by atoms with E-state index in [1.165, 1.54) is 0 Å². The van der Waals surface area contributed by atoms with Gasteiger partial charge in [0.25, 0.3) is 0 Å². The van der Waals surface area contributed by atoms with Crippen LogP contribution in [0.2, 0.25) is 0 Å². The fourth-order valence-corrected chi connectivity index (χ4v) is 3.11. The first-order chi connectivity index (χ1) is 13.7. The van der Waals surface area contributed by atoms with Crippen molar-refractivity contribution in [3.63, 3.8) is 0 Å². The third kappa shape index (κ3) is 3.86. The van der Waals surface area contributed by atoms with Crippen molar-refractivity contribution >= 4 is 34.4 Å². The summed E-state index contributed by atoms with van der Waals surface area (Å²) in [7, 11) is 0. The number of carbonyl (C=O) groups excluding carboxylic acids is 2. The van der Waals surface area contributed by atoms with E-state index < -0.39 is 0 Å². The molecule has 28 heavy (non-hydrogen) atoms. The molecule has 1 aliphatic heterocycles. The molecule has 3 aromatic rings. The molecule has 0 unspecified atom stereocenters. The van der Waals surface area contributed by atoms with Crippen LogP contribution >= 0.6 is 0 Å².